The fourth-order valence-corrected chi connectivity index (χ4v) is 4.96. The number of esters is 1. The first-order valence-corrected chi connectivity index (χ1v) is 13.7. The fraction of sp³-hybridized carbons (Fsp3) is 0.310. The summed E-state index contributed by atoms with van der Waals surface area (Å²) in [5.41, 5.74) is 5.44. The van der Waals surface area contributed by atoms with Gasteiger partial charge in [-0.15, -0.1) is 16.7 Å². The fourth-order valence-electron chi connectivity index (χ4n) is 4.76. The van der Waals surface area contributed by atoms with Crippen molar-refractivity contribution in [1.29, 1.82) is 0 Å². The van der Waals surface area contributed by atoms with Crippen LogP contribution in [0, 0.1) is 0 Å². The predicted molar refractivity (Wildman–Crippen MR) is 152 cm³/mol. The van der Waals surface area contributed by atoms with Crippen molar-refractivity contribution >= 4 is 23.4 Å². The minimum Gasteiger partial charge on any atom is -0.456 e. The number of aromatic nitrogens is 4. The van der Waals surface area contributed by atoms with E-state index in [9.17, 15) is 9.59 Å². The number of alkyl halides is 1. The van der Waals surface area contributed by atoms with E-state index in [1.807, 2.05) is 67.3 Å². The number of hydrogen-bond donors (Lipinski definition) is 1. The van der Waals surface area contributed by atoms with E-state index < -0.39 is 17.8 Å². The van der Waals surface area contributed by atoms with Crippen LogP contribution in [-0.4, -0.2) is 43.4 Å². The van der Waals surface area contributed by atoms with Gasteiger partial charge in [0.1, 0.15) is 5.84 Å². The molecule has 5 rings (SSSR count). The van der Waals surface area contributed by atoms with Crippen LogP contribution in [0.1, 0.15) is 50.7 Å². The molecule has 0 saturated carbocycles. The lowest BCUT2D eigenvalue weighted by Gasteiger charge is -2.27. The maximum absolute atomic E-state index is 13.5. The highest BCUT2D eigenvalue weighted by Gasteiger charge is 2.39. The lowest BCUT2D eigenvalue weighted by molar-refractivity contribution is -0.149. The molecule has 3 heterocycles. The second-order valence-electron chi connectivity index (χ2n) is 9.73. The molecular weight excluding hydrogens is 548 g/mol. The highest BCUT2D eigenvalue weighted by molar-refractivity contribution is 6.16. The van der Waals surface area contributed by atoms with Crippen LogP contribution in [0.2, 0.25) is 0 Å². The van der Waals surface area contributed by atoms with Gasteiger partial charge in [0.25, 0.3) is 0 Å². The Hall–Kier alpha value is -4.51. The summed E-state index contributed by atoms with van der Waals surface area (Å²) < 4.78 is 15.5. The van der Waals surface area contributed by atoms with Gasteiger partial charge in [-0.3, -0.25) is 0 Å². The largest absolute Gasteiger partial charge is 0.519 e. The first-order valence-electron chi connectivity index (χ1n) is 13.2. The van der Waals surface area contributed by atoms with Gasteiger partial charge in [0.2, 0.25) is 0 Å². The molecule has 0 bridgehead atoms. The third kappa shape index (κ3) is 5.99. The monoisotopic (exact) mass is 576 g/mol. The van der Waals surface area contributed by atoms with Crippen molar-refractivity contribution in [3.8, 4) is 22.5 Å². The van der Waals surface area contributed by atoms with Crippen LogP contribution in [0.15, 0.2) is 78.4 Å². The number of aliphatic imine (C=N–C) groups is 1. The van der Waals surface area contributed by atoms with Crippen LogP contribution >= 0.6 is 11.6 Å². The van der Waals surface area contributed by atoms with Crippen molar-refractivity contribution in [3.05, 3.63) is 87.5 Å². The zero-order valence-electron chi connectivity index (χ0n) is 22.9. The number of aromatic amines is 1. The topological polar surface area (TPSA) is 140 Å². The summed E-state index contributed by atoms with van der Waals surface area (Å²) in [4.78, 5) is 31.8. The Labute approximate surface area is 240 Å². The maximum atomic E-state index is 13.5. The highest BCUT2D eigenvalue weighted by atomic mass is 35.5. The van der Waals surface area contributed by atoms with Crippen LogP contribution in [0.4, 0.5) is 0 Å². The van der Waals surface area contributed by atoms with Gasteiger partial charge in [0.05, 0.1) is 11.6 Å². The molecule has 12 heteroatoms. The number of hydrogen-bond acceptors (Lipinski definition) is 10. The third-order valence-corrected chi connectivity index (χ3v) is 6.94. The summed E-state index contributed by atoms with van der Waals surface area (Å²) >= 11 is 5.83. The van der Waals surface area contributed by atoms with E-state index in [1.165, 1.54) is 0 Å². The quantitative estimate of drug-likeness (QED) is 0.198. The number of benzene rings is 2. The molecule has 0 fully saturated rings. The Morgan fingerprint density at radius 2 is 1.80 bits per heavy atom. The molecule has 2 aromatic heterocycles. The molecule has 0 radical (unpaired) electrons. The molecule has 41 heavy (non-hydrogen) atoms. The molecule has 2 aromatic carbocycles. The molecule has 0 spiro atoms. The van der Waals surface area contributed by atoms with Crippen LogP contribution in [0.3, 0.4) is 0 Å². The Morgan fingerprint density at radius 3 is 2.46 bits per heavy atom. The number of carbonyl (C=O) groups excluding carboxylic acids is 1. The summed E-state index contributed by atoms with van der Waals surface area (Å²) in [5, 5.41) is 14.3. The number of allylic oxidation sites excluding steroid dienone is 1. The van der Waals surface area contributed by atoms with Crippen molar-refractivity contribution in [2.45, 2.75) is 58.7 Å². The van der Waals surface area contributed by atoms with Crippen molar-refractivity contribution in [2.75, 3.05) is 0 Å². The number of carbonyl (C=O) groups is 1. The van der Waals surface area contributed by atoms with Gasteiger partial charge in [-0.25, -0.2) is 19.7 Å². The van der Waals surface area contributed by atoms with Crippen LogP contribution in [0.25, 0.3) is 22.5 Å². The van der Waals surface area contributed by atoms with Gasteiger partial charge in [-0.2, -0.15) is 0 Å². The first-order chi connectivity index (χ1) is 19.9. The molecule has 1 aliphatic rings. The number of halogens is 1. The molecule has 0 aliphatic carbocycles. The van der Waals surface area contributed by atoms with Gasteiger partial charge in [-0.05, 0) is 47.4 Å². The molecule has 1 N–H and O–H groups in total. The van der Waals surface area contributed by atoms with E-state index in [0.29, 0.717) is 24.5 Å². The molecule has 212 valence electrons. The second kappa shape index (κ2) is 12.3. The number of ether oxygens (including phenoxy) is 1. The SMILES string of the molecule is CCCC1=NC(=C(C)C)C(C(=O)OCc2oc(=O)oc2CCl)N1Cc1ccc(-c2ccccc2-c2nnn[nH]2)cc1. The molecule has 1 atom stereocenters. The van der Waals surface area contributed by atoms with Crippen LogP contribution < -0.4 is 5.82 Å². The van der Waals surface area contributed by atoms with E-state index in [1.54, 1.807) is 0 Å². The van der Waals surface area contributed by atoms with E-state index in [-0.39, 0.29) is 24.0 Å². The average molecular weight is 577 g/mol. The van der Waals surface area contributed by atoms with Crippen LogP contribution in [0.5, 0.6) is 0 Å². The standard InChI is InChI=1S/C29H29ClN6O5/c1-4-7-24-31-25(17(2)3)26(28(37)39-16-23-22(14-30)40-29(38)41-23)36(24)15-18-10-12-19(13-11-18)20-8-5-6-9-21(20)27-32-34-35-33-27/h5-6,8-13,26H,4,7,14-16H2,1-3H3,(H,32,33,34,35). The van der Waals surface area contributed by atoms with E-state index in [0.717, 1.165) is 40.1 Å². The first kappa shape index (κ1) is 28.0. The minimum absolute atomic E-state index is 0.0765. The molecule has 11 nitrogen and oxygen atoms in total. The molecule has 4 aromatic rings. The Kier molecular flexibility index (Phi) is 8.44. The number of amidine groups is 1. The second-order valence-corrected chi connectivity index (χ2v) is 10.00. The smallest absolute Gasteiger partial charge is 0.456 e. The Balaban J connectivity index is 1.40. The van der Waals surface area contributed by atoms with E-state index in [2.05, 4.69) is 27.5 Å². The van der Waals surface area contributed by atoms with Crippen molar-refractivity contribution in [3.63, 3.8) is 0 Å². The van der Waals surface area contributed by atoms with E-state index >= 15 is 0 Å². The van der Waals surface area contributed by atoms with Crippen molar-refractivity contribution in [2.24, 2.45) is 4.99 Å². The molecule has 1 aliphatic heterocycles. The number of rotatable bonds is 10. The lowest BCUT2D eigenvalue weighted by Crippen LogP contribution is -2.42. The van der Waals surface area contributed by atoms with Gasteiger partial charge in [0.15, 0.2) is 30.0 Å². The van der Waals surface area contributed by atoms with Gasteiger partial charge in [-0.1, -0.05) is 61.0 Å². The number of H-pyrrole nitrogens is 1. The lowest BCUT2D eigenvalue weighted by atomic mass is 9.98. The predicted octanol–water partition coefficient (Wildman–Crippen LogP) is 5.24. The molecule has 0 amide bonds. The van der Waals surface area contributed by atoms with Gasteiger partial charge in [0, 0.05) is 18.5 Å². The zero-order valence-corrected chi connectivity index (χ0v) is 23.6. The highest BCUT2D eigenvalue weighted by Crippen LogP contribution is 2.32. The summed E-state index contributed by atoms with van der Waals surface area (Å²) in [5.74, 6) is 0.155. The Bertz CT molecular complexity index is 1630. The summed E-state index contributed by atoms with van der Waals surface area (Å²) in [6.07, 6.45) is 1.56. The molecule has 0 saturated heterocycles. The minimum atomic E-state index is -0.892. The average Bonchev–Trinajstić information content (AvgIpc) is 3.72. The number of nitrogens with one attached hydrogen (secondary N) is 1. The zero-order chi connectivity index (χ0) is 28.9. The molecular formula is C29H29ClN6O5. The van der Waals surface area contributed by atoms with Gasteiger partial charge >= 0.3 is 11.8 Å². The summed E-state index contributed by atoms with van der Waals surface area (Å²) in [6.45, 7) is 6.08. The molecule has 1 unspecified atom stereocenters. The number of tetrazole rings is 1. The summed E-state index contributed by atoms with van der Waals surface area (Å²) in [6, 6.07) is 15.3. The van der Waals surface area contributed by atoms with Crippen molar-refractivity contribution in [1.82, 2.24) is 25.5 Å². The Morgan fingerprint density at radius 1 is 1.07 bits per heavy atom. The maximum Gasteiger partial charge on any atom is 0.519 e. The van der Waals surface area contributed by atoms with E-state index in [4.69, 9.17) is 30.2 Å². The normalized spacial score (nSPS) is 14.8. The summed E-state index contributed by atoms with van der Waals surface area (Å²) in [7, 11) is 0. The van der Waals surface area contributed by atoms with Crippen molar-refractivity contribution < 1.29 is 18.4 Å². The van der Waals surface area contributed by atoms with Crippen LogP contribution in [-0.2, 0) is 28.6 Å². The third-order valence-electron chi connectivity index (χ3n) is 6.70. The van der Waals surface area contributed by atoms with Gasteiger partial charge < -0.3 is 18.5 Å². The number of nitrogens with zero attached hydrogens (tertiary/aromatic N) is 5.